The molecule has 2 rings (SSSR count). The van der Waals surface area contributed by atoms with Crippen LogP contribution in [-0.2, 0) is 26.4 Å². The van der Waals surface area contributed by atoms with Gasteiger partial charge < -0.3 is 9.05 Å². The number of benzene rings is 2. The van der Waals surface area contributed by atoms with Crippen molar-refractivity contribution in [3.05, 3.63) is 70.7 Å². The number of halogens is 1. The van der Waals surface area contributed by atoms with Crippen molar-refractivity contribution in [2.45, 2.75) is 19.7 Å². The summed E-state index contributed by atoms with van der Waals surface area (Å²) < 4.78 is 23.8. The Morgan fingerprint density at radius 2 is 1.67 bits per heavy atom. The van der Waals surface area contributed by atoms with Gasteiger partial charge in [0.15, 0.2) is 0 Å². The van der Waals surface area contributed by atoms with Crippen LogP contribution in [0.4, 0.5) is 0 Å². The summed E-state index contributed by atoms with van der Waals surface area (Å²) in [7, 11) is -3.19. The Balaban J connectivity index is 2.08. The summed E-state index contributed by atoms with van der Waals surface area (Å²) in [5.74, 6) is 0. The van der Waals surface area contributed by atoms with Crippen molar-refractivity contribution in [2.75, 3.05) is 6.61 Å². The molecular formula is C16H18ClO3P. The van der Waals surface area contributed by atoms with Gasteiger partial charge in [0.05, 0.1) is 19.4 Å². The van der Waals surface area contributed by atoms with E-state index in [0.717, 1.165) is 11.1 Å². The van der Waals surface area contributed by atoms with Crippen LogP contribution in [0.25, 0.3) is 0 Å². The molecule has 0 aliphatic carbocycles. The molecule has 0 aliphatic heterocycles. The first-order valence-electron chi connectivity index (χ1n) is 6.78. The van der Waals surface area contributed by atoms with E-state index in [1.54, 1.807) is 13.0 Å². The molecule has 2 aromatic carbocycles. The highest BCUT2D eigenvalue weighted by Gasteiger charge is 2.25. The third-order valence-electron chi connectivity index (χ3n) is 2.92. The highest BCUT2D eigenvalue weighted by atomic mass is 35.5. The van der Waals surface area contributed by atoms with Gasteiger partial charge >= 0.3 is 7.60 Å². The zero-order chi connectivity index (χ0) is 15.1. The van der Waals surface area contributed by atoms with E-state index in [2.05, 4.69) is 0 Å². The first-order valence-corrected chi connectivity index (χ1v) is 8.89. The molecule has 0 spiro atoms. The maximum Gasteiger partial charge on any atom is 0.335 e. The van der Waals surface area contributed by atoms with Crippen LogP contribution in [0.3, 0.4) is 0 Å². The first kappa shape index (κ1) is 16.3. The molecule has 0 saturated heterocycles. The van der Waals surface area contributed by atoms with E-state index >= 15 is 0 Å². The lowest BCUT2D eigenvalue weighted by Crippen LogP contribution is -2.00. The Labute approximate surface area is 130 Å². The zero-order valence-corrected chi connectivity index (χ0v) is 13.5. The van der Waals surface area contributed by atoms with Crippen LogP contribution in [0.5, 0.6) is 0 Å². The summed E-state index contributed by atoms with van der Waals surface area (Å²) in [5, 5.41) is 0.597. The van der Waals surface area contributed by atoms with Gasteiger partial charge in [-0.1, -0.05) is 60.1 Å². The topological polar surface area (TPSA) is 35.5 Å². The predicted octanol–water partition coefficient (Wildman–Crippen LogP) is 5.29. The van der Waals surface area contributed by atoms with Gasteiger partial charge in [0, 0.05) is 5.02 Å². The van der Waals surface area contributed by atoms with E-state index in [-0.39, 0.29) is 12.8 Å². The van der Waals surface area contributed by atoms with Gasteiger partial charge in [0.25, 0.3) is 0 Å². The fourth-order valence-corrected chi connectivity index (χ4v) is 3.75. The van der Waals surface area contributed by atoms with Gasteiger partial charge in [-0.15, -0.1) is 0 Å². The van der Waals surface area contributed by atoms with Crippen LogP contribution in [0, 0.1) is 0 Å². The minimum Gasteiger partial charge on any atom is -0.309 e. The predicted molar refractivity (Wildman–Crippen MR) is 85.6 cm³/mol. The largest absolute Gasteiger partial charge is 0.335 e. The summed E-state index contributed by atoms with van der Waals surface area (Å²) >= 11 is 6.08. The smallest absolute Gasteiger partial charge is 0.309 e. The molecule has 1 unspecified atom stereocenters. The molecule has 112 valence electrons. The highest BCUT2D eigenvalue weighted by molar-refractivity contribution is 7.53. The molecule has 0 radical (unpaired) electrons. The maximum atomic E-state index is 12.8. The van der Waals surface area contributed by atoms with Crippen molar-refractivity contribution in [3.63, 3.8) is 0 Å². The van der Waals surface area contributed by atoms with E-state index < -0.39 is 7.60 Å². The minimum atomic E-state index is -3.19. The lowest BCUT2D eigenvalue weighted by Gasteiger charge is -2.18. The Morgan fingerprint density at radius 1 is 1.00 bits per heavy atom. The monoisotopic (exact) mass is 324 g/mol. The van der Waals surface area contributed by atoms with Gasteiger partial charge in [-0.3, -0.25) is 4.57 Å². The van der Waals surface area contributed by atoms with Crippen molar-refractivity contribution in [1.82, 2.24) is 0 Å². The van der Waals surface area contributed by atoms with E-state index in [1.165, 1.54) is 0 Å². The SMILES string of the molecule is CCOP(=O)(Cc1ccccc1)OCc1ccccc1Cl. The Bertz CT molecular complexity index is 616. The molecule has 1 atom stereocenters. The first-order chi connectivity index (χ1) is 10.1. The fourth-order valence-electron chi connectivity index (χ4n) is 1.92. The molecule has 3 nitrogen and oxygen atoms in total. The van der Waals surface area contributed by atoms with Crippen LogP contribution >= 0.6 is 19.2 Å². The molecule has 2 aromatic rings. The van der Waals surface area contributed by atoms with Gasteiger partial charge in [-0.2, -0.15) is 0 Å². The standard InChI is InChI=1S/C16H18ClO3P/c1-2-19-21(18,13-14-8-4-3-5-9-14)20-12-15-10-6-7-11-16(15)17/h3-11H,2,12-13H2,1H3. The van der Waals surface area contributed by atoms with Crippen LogP contribution in [0.15, 0.2) is 54.6 Å². The Morgan fingerprint density at radius 3 is 2.33 bits per heavy atom. The van der Waals surface area contributed by atoms with Gasteiger partial charge in [0.2, 0.25) is 0 Å². The lowest BCUT2D eigenvalue weighted by atomic mass is 10.2. The summed E-state index contributed by atoms with van der Waals surface area (Å²) in [4.78, 5) is 0. The second-order valence-corrected chi connectivity index (χ2v) is 7.00. The van der Waals surface area contributed by atoms with E-state index in [4.69, 9.17) is 20.6 Å². The van der Waals surface area contributed by atoms with Crippen molar-refractivity contribution in [1.29, 1.82) is 0 Å². The van der Waals surface area contributed by atoms with Crippen LogP contribution in [0.1, 0.15) is 18.1 Å². The van der Waals surface area contributed by atoms with Crippen LogP contribution in [0.2, 0.25) is 5.02 Å². The van der Waals surface area contributed by atoms with Gasteiger partial charge in [-0.25, -0.2) is 0 Å². The normalized spacial score (nSPS) is 13.8. The molecule has 0 saturated carbocycles. The minimum absolute atomic E-state index is 0.170. The van der Waals surface area contributed by atoms with Gasteiger partial charge in [-0.05, 0) is 24.1 Å². The Kier molecular flexibility index (Phi) is 6.01. The molecule has 21 heavy (non-hydrogen) atoms. The summed E-state index contributed by atoms with van der Waals surface area (Å²) in [6, 6.07) is 16.9. The van der Waals surface area contributed by atoms with Crippen molar-refractivity contribution < 1.29 is 13.6 Å². The quantitative estimate of drug-likeness (QED) is 0.649. The number of hydrogen-bond acceptors (Lipinski definition) is 3. The molecule has 0 N–H and O–H groups in total. The van der Waals surface area contributed by atoms with E-state index in [9.17, 15) is 4.57 Å². The summed E-state index contributed by atoms with van der Waals surface area (Å²) in [6.07, 6.45) is 0.256. The second-order valence-electron chi connectivity index (χ2n) is 4.54. The van der Waals surface area contributed by atoms with Crippen molar-refractivity contribution in [3.8, 4) is 0 Å². The van der Waals surface area contributed by atoms with Gasteiger partial charge in [0.1, 0.15) is 0 Å². The number of rotatable bonds is 7. The summed E-state index contributed by atoms with van der Waals surface area (Å²) in [6.45, 7) is 2.31. The molecular weight excluding hydrogens is 307 g/mol. The highest BCUT2D eigenvalue weighted by Crippen LogP contribution is 2.52. The maximum absolute atomic E-state index is 12.8. The zero-order valence-electron chi connectivity index (χ0n) is 11.9. The average Bonchev–Trinajstić information content (AvgIpc) is 2.48. The molecule has 0 fully saturated rings. The third kappa shape index (κ3) is 4.98. The fraction of sp³-hybridized carbons (Fsp3) is 0.250. The van der Waals surface area contributed by atoms with E-state index in [1.807, 2.05) is 48.5 Å². The average molecular weight is 325 g/mol. The van der Waals surface area contributed by atoms with E-state index in [0.29, 0.717) is 11.6 Å². The van der Waals surface area contributed by atoms with Crippen molar-refractivity contribution in [2.24, 2.45) is 0 Å². The molecule has 0 heterocycles. The van der Waals surface area contributed by atoms with Crippen molar-refractivity contribution >= 4 is 19.2 Å². The molecule has 5 heteroatoms. The summed E-state index contributed by atoms with van der Waals surface area (Å²) in [5.41, 5.74) is 1.72. The molecule has 0 aliphatic rings. The molecule has 0 bridgehead atoms. The third-order valence-corrected chi connectivity index (χ3v) is 5.21. The molecule has 0 amide bonds. The lowest BCUT2D eigenvalue weighted by molar-refractivity contribution is 0.204. The second kappa shape index (κ2) is 7.77. The number of hydrogen-bond donors (Lipinski definition) is 0. The van der Waals surface area contributed by atoms with Crippen LogP contribution < -0.4 is 0 Å². The Hall–Kier alpha value is -1.12. The molecule has 0 aromatic heterocycles. The van der Waals surface area contributed by atoms with Crippen LogP contribution in [-0.4, -0.2) is 6.61 Å².